The average molecular weight is 1010 g/mol. The minimum Gasteiger partial charge on any atom is -0.462 e. The fraction of sp³-hybridized carbons (Fsp3) is 0.672. The maximum Gasteiger partial charge on any atom is 0.472 e. The lowest BCUT2D eigenvalue weighted by molar-refractivity contribution is -0.161. The molecule has 2 unspecified atom stereocenters. The molecule has 0 aliphatic heterocycles. The first-order chi connectivity index (χ1) is 34.8. The van der Waals surface area contributed by atoms with Gasteiger partial charge in [-0.15, -0.1) is 0 Å². The molecule has 0 spiro atoms. The van der Waals surface area contributed by atoms with Gasteiger partial charge in [-0.05, 0) is 96.3 Å². The molecule has 0 aliphatic rings. The molecule has 0 saturated heterocycles. The van der Waals surface area contributed by atoms with Gasteiger partial charge in [-0.1, -0.05) is 232 Å². The quantitative estimate of drug-likeness (QED) is 0.0264. The zero-order valence-electron chi connectivity index (χ0n) is 45.2. The van der Waals surface area contributed by atoms with E-state index in [4.69, 9.17) is 24.3 Å². The number of hydrogen-bond donors (Lipinski definition) is 2. The van der Waals surface area contributed by atoms with Crippen molar-refractivity contribution >= 4 is 19.8 Å². The Bertz CT molecular complexity index is 1530. The summed E-state index contributed by atoms with van der Waals surface area (Å²) in [6.45, 7) is 3.55. The molecule has 0 rings (SSSR count). The third-order valence-electron chi connectivity index (χ3n) is 11.6. The number of carbonyl (C=O) groups is 2. The Morgan fingerprint density at radius 3 is 1.20 bits per heavy atom. The molecule has 0 bridgehead atoms. The predicted octanol–water partition coefficient (Wildman–Crippen LogP) is 17.8. The lowest BCUT2D eigenvalue weighted by Crippen LogP contribution is -2.29. The minimum atomic E-state index is -4.41. The van der Waals surface area contributed by atoms with Gasteiger partial charge >= 0.3 is 19.8 Å². The van der Waals surface area contributed by atoms with E-state index in [0.717, 1.165) is 70.6 Å². The van der Waals surface area contributed by atoms with E-state index in [9.17, 15) is 19.0 Å². The Hall–Kier alpha value is -3.33. The lowest BCUT2D eigenvalue weighted by Gasteiger charge is -2.19. The molecule has 9 nitrogen and oxygen atoms in total. The Morgan fingerprint density at radius 2 is 0.789 bits per heavy atom. The monoisotopic (exact) mass is 1010 g/mol. The van der Waals surface area contributed by atoms with Crippen LogP contribution in [-0.4, -0.2) is 49.3 Å². The van der Waals surface area contributed by atoms with Crippen molar-refractivity contribution < 1.29 is 37.6 Å². The van der Waals surface area contributed by atoms with E-state index in [-0.39, 0.29) is 32.6 Å². The van der Waals surface area contributed by atoms with Crippen LogP contribution in [0.4, 0.5) is 0 Å². The van der Waals surface area contributed by atoms with Gasteiger partial charge in [0.1, 0.15) is 6.61 Å². The van der Waals surface area contributed by atoms with E-state index in [1.165, 1.54) is 122 Å². The molecular formula is C61H104NO8P. The van der Waals surface area contributed by atoms with Gasteiger partial charge in [0.25, 0.3) is 0 Å². The van der Waals surface area contributed by atoms with Crippen LogP contribution >= 0.6 is 7.82 Å². The zero-order chi connectivity index (χ0) is 51.7. The van der Waals surface area contributed by atoms with Crippen LogP contribution < -0.4 is 5.73 Å². The van der Waals surface area contributed by atoms with E-state index < -0.39 is 32.5 Å². The maximum absolute atomic E-state index is 12.7. The highest BCUT2D eigenvalue weighted by molar-refractivity contribution is 7.47. The molecule has 0 aromatic carbocycles. The second-order valence-corrected chi connectivity index (χ2v) is 19.9. The van der Waals surface area contributed by atoms with Gasteiger partial charge in [-0.2, -0.15) is 0 Å². The molecule has 10 heteroatoms. The van der Waals surface area contributed by atoms with Gasteiger partial charge in [0.15, 0.2) is 6.10 Å². The molecule has 0 aromatic rings. The Balaban J connectivity index is 4.08. The van der Waals surface area contributed by atoms with Crippen LogP contribution in [0.15, 0.2) is 109 Å². The summed E-state index contributed by atoms with van der Waals surface area (Å²) >= 11 is 0. The molecular weight excluding hydrogens is 906 g/mol. The van der Waals surface area contributed by atoms with Gasteiger partial charge in [-0.3, -0.25) is 18.6 Å². The first kappa shape index (κ1) is 67.7. The molecule has 71 heavy (non-hydrogen) atoms. The smallest absolute Gasteiger partial charge is 0.462 e. The number of allylic oxidation sites excluding steroid dienone is 18. The first-order valence-electron chi connectivity index (χ1n) is 28.4. The van der Waals surface area contributed by atoms with Gasteiger partial charge in [0, 0.05) is 19.4 Å². The normalized spacial score (nSPS) is 13.9. The van der Waals surface area contributed by atoms with Crippen LogP contribution in [0.1, 0.15) is 232 Å². The van der Waals surface area contributed by atoms with Crippen molar-refractivity contribution in [2.24, 2.45) is 5.73 Å². The van der Waals surface area contributed by atoms with E-state index in [1.54, 1.807) is 0 Å². The van der Waals surface area contributed by atoms with Crippen LogP contribution in [0.25, 0.3) is 0 Å². The average Bonchev–Trinajstić information content (AvgIpc) is 3.36. The van der Waals surface area contributed by atoms with Crippen molar-refractivity contribution in [3.8, 4) is 0 Å². The highest BCUT2D eigenvalue weighted by atomic mass is 31.2. The number of phosphoric ester groups is 1. The number of rotatable bonds is 52. The summed E-state index contributed by atoms with van der Waals surface area (Å²) in [6, 6.07) is 0. The Labute approximate surface area is 435 Å². The van der Waals surface area contributed by atoms with Gasteiger partial charge in [-0.25, -0.2) is 4.57 Å². The van der Waals surface area contributed by atoms with E-state index in [1.807, 2.05) is 6.08 Å². The van der Waals surface area contributed by atoms with E-state index in [2.05, 4.69) is 117 Å². The number of hydrogen-bond acceptors (Lipinski definition) is 8. The number of phosphoric acid groups is 1. The van der Waals surface area contributed by atoms with Crippen molar-refractivity contribution in [3.63, 3.8) is 0 Å². The molecule has 2 atom stereocenters. The van der Waals surface area contributed by atoms with Crippen LogP contribution in [0.3, 0.4) is 0 Å². The van der Waals surface area contributed by atoms with Crippen molar-refractivity contribution in [1.82, 2.24) is 0 Å². The summed E-state index contributed by atoms with van der Waals surface area (Å²) in [5.74, 6) is -0.901. The summed E-state index contributed by atoms with van der Waals surface area (Å²) in [4.78, 5) is 35.1. The molecule has 0 aromatic heterocycles. The minimum absolute atomic E-state index is 0.0389. The highest BCUT2D eigenvalue weighted by Gasteiger charge is 2.26. The molecule has 0 amide bonds. The highest BCUT2D eigenvalue weighted by Crippen LogP contribution is 2.43. The summed E-state index contributed by atoms with van der Waals surface area (Å²) in [7, 11) is -4.41. The molecule has 0 fully saturated rings. The second kappa shape index (κ2) is 56.0. The summed E-state index contributed by atoms with van der Waals surface area (Å²) in [6.07, 6.45) is 75.8. The van der Waals surface area contributed by atoms with Crippen molar-refractivity contribution in [3.05, 3.63) is 109 Å². The topological polar surface area (TPSA) is 134 Å². The second-order valence-electron chi connectivity index (χ2n) is 18.4. The molecule has 0 saturated carbocycles. The van der Waals surface area contributed by atoms with E-state index >= 15 is 0 Å². The van der Waals surface area contributed by atoms with Crippen LogP contribution in [0.2, 0.25) is 0 Å². The van der Waals surface area contributed by atoms with Gasteiger partial charge in [0.2, 0.25) is 0 Å². The van der Waals surface area contributed by atoms with Gasteiger partial charge < -0.3 is 20.1 Å². The zero-order valence-corrected chi connectivity index (χ0v) is 46.1. The third kappa shape index (κ3) is 55.8. The third-order valence-corrected chi connectivity index (χ3v) is 12.6. The predicted molar refractivity (Wildman–Crippen MR) is 302 cm³/mol. The largest absolute Gasteiger partial charge is 0.472 e. The molecule has 0 aliphatic carbocycles. The first-order valence-corrected chi connectivity index (χ1v) is 29.9. The number of unbranched alkanes of at least 4 members (excludes halogenated alkanes) is 21. The fourth-order valence-electron chi connectivity index (χ4n) is 7.48. The molecule has 406 valence electrons. The standard InChI is InChI=1S/C61H104NO8P/c1-3-5-7-9-11-13-15-17-19-21-23-25-27-28-29-30-32-33-35-37-39-41-43-45-47-49-51-53-60(63)67-57-59(58-69-71(65,66)68-56-55-62)70-61(64)54-52-50-48-46-44-42-40-38-36-34-31-26-24-22-20-18-16-14-12-10-8-6-4-2/h6,8,12,14-15,17-18,20-21,23-24,26,34,36,40,42,46,48,59H,3-5,7,9-11,13,16,19,22,25,27-33,35,37-39,41,43-45,47,49-58,62H2,1-2H3,(H,65,66)/b8-6-,14-12-,17-15-,20-18-,23-21-,26-24-,36-34-,42-40-,48-46-. The van der Waals surface area contributed by atoms with Crippen molar-refractivity contribution in [2.45, 2.75) is 238 Å². The molecule has 3 N–H and O–H groups in total. The summed E-state index contributed by atoms with van der Waals surface area (Å²) < 4.78 is 32.9. The van der Waals surface area contributed by atoms with Crippen LogP contribution in [-0.2, 0) is 32.7 Å². The Kier molecular flexibility index (Phi) is 53.3. The summed E-state index contributed by atoms with van der Waals surface area (Å²) in [5, 5.41) is 0. The fourth-order valence-corrected chi connectivity index (χ4v) is 8.24. The maximum atomic E-state index is 12.7. The lowest BCUT2D eigenvalue weighted by atomic mass is 10.0. The Morgan fingerprint density at radius 1 is 0.437 bits per heavy atom. The number of nitrogens with two attached hydrogens (primary N) is 1. The number of esters is 2. The molecule has 0 heterocycles. The van der Waals surface area contributed by atoms with Gasteiger partial charge in [0.05, 0.1) is 13.2 Å². The van der Waals surface area contributed by atoms with Crippen LogP contribution in [0, 0.1) is 0 Å². The molecule has 0 radical (unpaired) electrons. The van der Waals surface area contributed by atoms with Crippen molar-refractivity contribution in [2.75, 3.05) is 26.4 Å². The summed E-state index contributed by atoms with van der Waals surface area (Å²) in [5.41, 5.74) is 5.37. The SMILES string of the molecule is CC/C=C\C/C=C\C/C=C\C/C=C\C/C=C\C/C=C\C/C=C\CCCC(=O)OC(COC(=O)CCCCCCCCCCCCCCCCC/C=C\C/C=C\CCCCCCC)COP(=O)(O)OCCN. The van der Waals surface area contributed by atoms with Crippen LogP contribution in [0.5, 0.6) is 0 Å². The number of ether oxygens (including phenoxy) is 2. The van der Waals surface area contributed by atoms with E-state index in [0.29, 0.717) is 12.8 Å². The van der Waals surface area contributed by atoms with Crippen molar-refractivity contribution in [1.29, 1.82) is 0 Å². The number of carbonyl (C=O) groups excluding carboxylic acids is 2.